The maximum absolute atomic E-state index is 12.9. The van der Waals surface area contributed by atoms with Crippen molar-refractivity contribution in [3.8, 4) is 11.8 Å². The fourth-order valence-corrected chi connectivity index (χ4v) is 2.43. The summed E-state index contributed by atoms with van der Waals surface area (Å²) in [5.41, 5.74) is 1.57. The molecule has 0 aliphatic heterocycles. The van der Waals surface area contributed by atoms with E-state index in [2.05, 4.69) is 25.7 Å². The van der Waals surface area contributed by atoms with Gasteiger partial charge in [-0.25, -0.2) is 9.67 Å². The molecule has 0 spiro atoms. The molecule has 0 fully saturated rings. The normalized spacial score (nSPS) is 11.1. The molecule has 27 heavy (non-hydrogen) atoms. The van der Waals surface area contributed by atoms with E-state index in [9.17, 15) is 13.2 Å². The number of anilines is 3. The molecule has 1 aromatic carbocycles. The summed E-state index contributed by atoms with van der Waals surface area (Å²) >= 11 is 0. The summed E-state index contributed by atoms with van der Waals surface area (Å²) in [5.74, 6) is -0.313. The third-order valence-electron chi connectivity index (χ3n) is 3.83. The second-order valence-corrected chi connectivity index (χ2v) is 5.54. The molecule has 138 valence electrons. The van der Waals surface area contributed by atoms with E-state index in [1.165, 1.54) is 13.2 Å². The van der Waals surface area contributed by atoms with Gasteiger partial charge in [-0.15, -0.1) is 0 Å². The first-order valence-corrected chi connectivity index (χ1v) is 7.77. The third-order valence-corrected chi connectivity index (χ3v) is 3.83. The van der Waals surface area contributed by atoms with E-state index in [4.69, 9.17) is 5.26 Å². The molecule has 3 rings (SSSR count). The predicted octanol–water partition coefficient (Wildman–Crippen LogP) is 3.65. The van der Waals surface area contributed by atoms with Crippen LogP contribution in [-0.2, 0) is 6.18 Å². The molecule has 0 bridgehead atoms. The molecule has 10 heteroatoms. The lowest BCUT2D eigenvalue weighted by molar-refractivity contribution is -0.137. The standard InChI is InChI=1S/C17H14F3N7/c1-10-14(9-24-27(10)12-5-3-11(7-21)4-6-12)25-16-23-8-13(17(18,19)20)15(22-2)26-16/h3-6,8-9H,1-2H3,(H2,22,23,25,26). The molecular weight excluding hydrogens is 359 g/mol. The lowest BCUT2D eigenvalue weighted by atomic mass is 10.2. The molecule has 3 aromatic rings. The summed E-state index contributed by atoms with van der Waals surface area (Å²) in [6.45, 7) is 1.79. The number of hydrogen-bond acceptors (Lipinski definition) is 6. The van der Waals surface area contributed by atoms with Crippen molar-refractivity contribution in [2.24, 2.45) is 0 Å². The zero-order chi connectivity index (χ0) is 19.6. The van der Waals surface area contributed by atoms with Crippen molar-refractivity contribution in [2.75, 3.05) is 17.7 Å². The summed E-state index contributed by atoms with van der Waals surface area (Å²) in [6.07, 6.45) is -2.30. The molecule has 0 saturated heterocycles. The molecule has 0 atom stereocenters. The van der Waals surface area contributed by atoms with Crippen LogP contribution in [-0.4, -0.2) is 26.8 Å². The van der Waals surface area contributed by atoms with Crippen molar-refractivity contribution in [2.45, 2.75) is 13.1 Å². The Bertz CT molecular complexity index is 1000. The van der Waals surface area contributed by atoms with Gasteiger partial charge in [0.15, 0.2) is 0 Å². The van der Waals surface area contributed by atoms with Gasteiger partial charge >= 0.3 is 6.18 Å². The molecule has 0 amide bonds. The fraction of sp³-hybridized carbons (Fsp3) is 0.176. The van der Waals surface area contributed by atoms with Gasteiger partial charge in [0, 0.05) is 13.2 Å². The average Bonchev–Trinajstić information content (AvgIpc) is 3.01. The van der Waals surface area contributed by atoms with Crippen LogP contribution in [0.3, 0.4) is 0 Å². The monoisotopic (exact) mass is 373 g/mol. The van der Waals surface area contributed by atoms with Crippen LogP contribution in [0.2, 0.25) is 0 Å². The molecule has 2 aromatic heterocycles. The summed E-state index contributed by atoms with van der Waals surface area (Å²) in [6, 6.07) is 8.87. The topological polar surface area (TPSA) is 91.5 Å². The number of nitrogens with one attached hydrogen (secondary N) is 2. The van der Waals surface area contributed by atoms with Crippen molar-refractivity contribution in [3.63, 3.8) is 0 Å². The van der Waals surface area contributed by atoms with Gasteiger partial charge in [0.05, 0.1) is 34.9 Å². The number of benzene rings is 1. The third kappa shape index (κ3) is 3.67. The first kappa shape index (κ1) is 18.2. The van der Waals surface area contributed by atoms with E-state index in [1.54, 1.807) is 35.9 Å². The van der Waals surface area contributed by atoms with Crippen LogP contribution in [0.1, 0.15) is 16.8 Å². The van der Waals surface area contributed by atoms with Gasteiger partial charge in [-0.05, 0) is 31.2 Å². The SMILES string of the molecule is CNc1nc(Nc2cnn(-c3ccc(C#N)cc3)c2C)ncc1C(F)(F)F. The molecule has 2 N–H and O–H groups in total. The van der Waals surface area contributed by atoms with E-state index >= 15 is 0 Å². The number of rotatable bonds is 4. The van der Waals surface area contributed by atoms with Crippen molar-refractivity contribution < 1.29 is 13.2 Å². The molecule has 2 heterocycles. The van der Waals surface area contributed by atoms with E-state index in [-0.39, 0.29) is 11.8 Å². The molecule has 0 saturated carbocycles. The number of aromatic nitrogens is 4. The molecule has 0 radical (unpaired) electrons. The van der Waals surface area contributed by atoms with Gasteiger partial charge in [0.2, 0.25) is 5.95 Å². The highest BCUT2D eigenvalue weighted by Gasteiger charge is 2.35. The minimum absolute atomic E-state index is 0.00910. The molecule has 7 nitrogen and oxygen atoms in total. The highest BCUT2D eigenvalue weighted by Crippen LogP contribution is 2.34. The Labute approximate surface area is 152 Å². The Morgan fingerprint density at radius 1 is 1.15 bits per heavy atom. The minimum Gasteiger partial charge on any atom is -0.372 e. The van der Waals surface area contributed by atoms with E-state index in [1.807, 2.05) is 6.07 Å². The van der Waals surface area contributed by atoms with Gasteiger partial charge in [-0.2, -0.15) is 28.5 Å². The number of halogens is 3. The van der Waals surface area contributed by atoms with E-state index in [0.717, 1.165) is 11.9 Å². The van der Waals surface area contributed by atoms with E-state index < -0.39 is 11.7 Å². The van der Waals surface area contributed by atoms with Crippen LogP contribution >= 0.6 is 0 Å². The Hall–Kier alpha value is -3.61. The van der Waals surface area contributed by atoms with Crippen LogP contribution in [0, 0.1) is 18.3 Å². The number of hydrogen-bond donors (Lipinski definition) is 2. The number of nitriles is 1. The van der Waals surface area contributed by atoms with E-state index in [0.29, 0.717) is 16.9 Å². The summed E-state index contributed by atoms with van der Waals surface area (Å²) in [7, 11) is 1.36. The minimum atomic E-state index is -4.55. The second kappa shape index (κ2) is 6.95. The van der Waals surface area contributed by atoms with Gasteiger partial charge in [-0.1, -0.05) is 0 Å². The first-order valence-electron chi connectivity index (χ1n) is 7.77. The van der Waals surface area contributed by atoms with Crippen LogP contribution in [0.25, 0.3) is 5.69 Å². The van der Waals surface area contributed by atoms with Crippen molar-refractivity contribution in [1.29, 1.82) is 5.26 Å². The van der Waals surface area contributed by atoms with Crippen LogP contribution in [0.4, 0.5) is 30.6 Å². The number of alkyl halides is 3. The van der Waals surface area contributed by atoms with Crippen LogP contribution < -0.4 is 10.6 Å². The van der Waals surface area contributed by atoms with Gasteiger partial charge in [0.1, 0.15) is 11.4 Å². The zero-order valence-corrected chi connectivity index (χ0v) is 14.3. The van der Waals surface area contributed by atoms with Crippen molar-refractivity contribution in [3.05, 3.63) is 53.5 Å². The summed E-state index contributed by atoms with van der Waals surface area (Å²) in [5, 5.41) is 18.4. The van der Waals surface area contributed by atoms with Crippen LogP contribution in [0.15, 0.2) is 36.7 Å². The summed E-state index contributed by atoms with van der Waals surface area (Å²) in [4.78, 5) is 7.61. The Morgan fingerprint density at radius 2 is 1.85 bits per heavy atom. The average molecular weight is 373 g/mol. The molecule has 0 aliphatic carbocycles. The highest BCUT2D eigenvalue weighted by atomic mass is 19.4. The molecular formula is C17H14F3N7. The van der Waals surface area contributed by atoms with Gasteiger partial charge < -0.3 is 10.6 Å². The second-order valence-electron chi connectivity index (χ2n) is 5.54. The predicted molar refractivity (Wildman–Crippen MR) is 92.9 cm³/mol. The van der Waals surface area contributed by atoms with Crippen LogP contribution in [0.5, 0.6) is 0 Å². The Morgan fingerprint density at radius 3 is 2.44 bits per heavy atom. The lowest BCUT2D eigenvalue weighted by Gasteiger charge is -2.12. The quantitative estimate of drug-likeness (QED) is 0.725. The zero-order valence-electron chi connectivity index (χ0n) is 14.3. The smallest absolute Gasteiger partial charge is 0.372 e. The maximum atomic E-state index is 12.9. The van der Waals surface area contributed by atoms with Crippen molar-refractivity contribution >= 4 is 17.5 Å². The fourth-order valence-electron chi connectivity index (χ4n) is 2.43. The molecule has 0 aliphatic rings. The van der Waals surface area contributed by atoms with Crippen molar-refractivity contribution in [1.82, 2.24) is 19.7 Å². The highest BCUT2D eigenvalue weighted by molar-refractivity contribution is 5.59. The van der Waals surface area contributed by atoms with Gasteiger partial charge in [0.25, 0.3) is 0 Å². The lowest BCUT2D eigenvalue weighted by Crippen LogP contribution is -2.12. The first-order chi connectivity index (χ1) is 12.8. The maximum Gasteiger partial charge on any atom is 0.421 e. The molecule has 0 unspecified atom stereocenters. The Kier molecular flexibility index (Phi) is 4.68. The van der Waals surface area contributed by atoms with Gasteiger partial charge in [-0.3, -0.25) is 0 Å². The summed E-state index contributed by atoms with van der Waals surface area (Å²) < 4.78 is 40.4. The Balaban J connectivity index is 1.89. The number of nitrogens with zero attached hydrogens (tertiary/aromatic N) is 5. The largest absolute Gasteiger partial charge is 0.421 e.